The number of pyridine rings is 1. The average molecular weight is 454 g/mol. The van der Waals surface area contributed by atoms with Gasteiger partial charge in [0, 0.05) is 6.07 Å². The number of nitrogens with one attached hydrogen (secondary N) is 1. The number of benzene rings is 1. The molecule has 0 aliphatic heterocycles. The topological polar surface area (TPSA) is 98.9 Å². The summed E-state index contributed by atoms with van der Waals surface area (Å²) >= 11 is 2.15. The van der Waals surface area contributed by atoms with E-state index in [1.165, 1.54) is 12.1 Å². The minimum absolute atomic E-state index is 0.0797. The number of anilines is 1. The van der Waals surface area contributed by atoms with Crippen LogP contribution in [0.4, 0.5) is 11.5 Å². The van der Waals surface area contributed by atoms with Crippen LogP contribution in [0.1, 0.15) is 5.56 Å². The van der Waals surface area contributed by atoms with Gasteiger partial charge in [-0.05, 0) is 46.4 Å². The predicted molar refractivity (Wildman–Crippen MR) is 104 cm³/mol. The number of methoxy groups -OCH3 is 1. The SMILES string of the molecule is C=CCOc1c(I)cc(/C=N\Nc2ccc([N+](=O)[O-])cn2)cc1OC. The van der Waals surface area contributed by atoms with Crippen LogP contribution in [0.25, 0.3) is 0 Å². The highest BCUT2D eigenvalue weighted by molar-refractivity contribution is 14.1. The Morgan fingerprint density at radius 2 is 2.28 bits per heavy atom. The predicted octanol–water partition coefficient (Wildman–Crippen LogP) is 3.61. The summed E-state index contributed by atoms with van der Waals surface area (Å²) in [5, 5.41) is 14.7. The molecule has 0 saturated carbocycles. The molecule has 2 aromatic rings. The maximum atomic E-state index is 10.6. The maximum absolute atomic E-state index is 10.6. The van der Waals surface area contributed by atoms with Crippen LogP contribution in [0.15, 0.2) is 48.2 Å². The number of halogens is 1. The Hall–Kier alpha value is -2.69. The van der Waals surface area contributed by atoms with Crippen LogP contribution in [0, 0.1) is 13.7 Å². The highest BCUT2D eigenvalue weighted by Gasteiger charge is 2.10. The molecule has 0 saturated heterocycles. The van der Waals surface area contributed by atoms with E-state index in [4.69, 9.17) is 9.47 Å². The fourth-order valence-corrected chi connectivity index (χ4v) is 2.61. The number of hydrogen-bond acceptors (Lipinski definition) is 7. The molecule has 0 fully saturated rings. The van der Waals surface area contributed by atoms with Crippen LogP contribution >= 0.6 is 22.6 Å². The molecule has 25 heavy (non-hydrogen) atoms. The molecule has 9 heteroatoms. The lowest BCUT2D eigenvalue weighted by Gasteiger charge is -2.12. The second-order valence-electron chi connectivity index (χ2n) is 4.66. The number of nitro groups is 1. The lowest BCUT2D eigenvalue weighted by molar-refractivity contribution is -0.385. The van der Waals surface area contributed by atoms with Crippen molar-refractivity contribution in [1.82, 2.24) is 4.98 Å². The Morgan fingerprint density at radius 3 is 2.88 bits per heavy atom. The molecule has 1 heterocycles. The quantitative estimate of drug-likeness (QED) is 0.215. The fourth-order valence-electron chi connectivity index (χ4n) is 1.83. The number of nitrogens with zero attached hydrogens (tertiary/aromatic N) is 3. The van der Waals surface area contributed by atoms with Gasteiger partial charge in [-0.3, -0.25) is 15.5 Å². The smallest absolute Gasteiger partial charge is 0.287 e. The molecule has 0 amide bonds. The van der Waals surface area contributed by atoms with E-state index in [9.17, 15) is 10.1 Å². The van der Waals surface area contributed by atoms with Gasteiger partial charge in [0.05, 0.1) is 21.8 Å². The molecule has 8 nitrogen and oxygen atoms in total. The summed E-state index contributed by atoms with van der Waals surface area (Å²) in [7, 11) is 1.56. The van der Waals surface area contributed by atoms with Crippen molar-refractivity contribution < 1.29 is 14.4 Å². The third kappa shape index (κ3) is 5.14. The third-order valence-electron chi connectivity index (χ3n) is 2.95. The first-order valence-electron chi connectivity index (χ1n) is 7.06. The largest absolute Gasteiger partial charge is 0.493 e. The third-order valence-corrected chi connectivity index (χ3v) is 3.75. The fraction of sp³-hybridized carbons (Fsp3) is 0.125. The van der Waals surface area contributed by atoms with Crippen molar-refractivity contribution in [3.8, 4) is 11.5 Å². The zero-order valence-electron chi connectivity index (χ0n) is 13.3. The van der Waals surface area contributed by atoms with Gasteiger partial charge in [-0.15, -0.1) is 0 Å². The summed E-state index contributed by atoms with van der Waals surface area (Å²) in [5.74, 6) is 1.63. The van der Waals surface area contributed by atoms with E-state index in [1.807, 2.05) is 6.07 Å². The van der Waals surface area contributed by atoms with E-state index in [0.717, 1.165) is 15.3 Å². The van der Waals surface area contributed by atoms with Gasteiger partial charge >= 0.3 is 0 Å². The van der Waals surface area contributed by atoms with Gasteiger partial charge < -0.3 is 9.47 Å². The molecule has 1 N–H and O–H groups in total. The second kappa shape index (κ2) is 8.97. The summed E-state index contributed by atoms with van der Waals surface area (Å²) in [6.07, 6.45) is 4.41. The summed E-state index contributed by atoms with van der Waals surface area (Å²) in [5.41, 5.74) is 3.43. The molecular weight excluding hydrogens is 439 g/mol. The monoisotopic (exact) mass is 454 g/mol. The Kier molecular flexibility index (Phi) is 6.69. The molecule has 0 aliphatic rings. The van der Waals surface area contributed by atoms with Crippen molar-refractivity contribution in [2.24, 2.45) is 5.10 Å². The van der Waals surface area contributed by atoms with Crippen LogP contribution in [0.3, 0.4) is 0 Å². The molecule has 2 rings (SSSR count). The molecule has 1 aromatic heterocycles. The van der Waals surface area contributed by atoms with E-state index < -0.39 is 4.92 Å². The average Bonchev–Trinajstić information content (AvgIpc) is 2.61. The minimum Gasteiger partial charge on any atom is -0.493 e. The van der Waals surface area contributed by atoms with Crippen LogP contribution in [0.5, 0.6) is 11.5 Å². The summed E-state index contributed by atoms with van der Waals surface area (Å²) < 4.78 is 11.8. The highest BCUT2D eigenvalue weighted by atomic mass is 127. The first-order chi connectivity index (χ1) is 12.0. The molecule has 0 radical (unpaired) electrons. The van der Waals surface area contributed by atoms with Gasteiger partial charge in [-0.25, -0.2) is 4.98 Å². The van der Waals surface area contributed by atoms with E-state index in [-0.39, 0.29) is 5.69 Å². The Labute approximate surface area is 157 Å². The molecule has 0 bridgehead atoms. The van der Waals surface area contributed by atoms with Gasteiger partial charge in [0.2, 0.25) is 0 Å². The highest BCUT2D eigenvalue weighted by Crippen LogP contribution is 2.33. The van der Waals surface area contributed by atoms with Crippen LogP contribution < -0.4 is 14.9 Å². The van der Waals surface area contributed by atoms with E-state index in [2.05, 4.69) is 44.7 Å². The molecule has 0 atom stereocenters. The molecule has 0 aliphatic carbocycles. The summed E-state index contributed by atoms with van der Waals surface area (Å²) in [4.78, 5) is 14.0. The standard InChI is InChI=1S/C16H15IN4O4/c1-3-6-25-16-13(17)7-11(8-14(16)24-2)9-19-20-15-5-4-12(10-18-15)21(22)23/h3-5,7-10H,1,6H2,2H3,(H,18,20)/b19-9-. The number of rotatable bonds is 8. The van der Waals surface area contributed by atoms with Gasteiger partial charge in [-0.1, -0.05) is 12.7 Å². The number of hydrazone groups is 1. The number of hydrogen-bond donors (Lipinski definition) is 1. The maximum Gasteiger partial charge on any atom is 0.287 e. The lowest BCUT2D eigenvalue weighted by atomic mass is 10.2. The van der Waals surface area contributed by atoms with Crippen molar-refractivity contribution in [3.05, 3.63) is 62.4 Å². The van der Waals surface area contributed by atoms with Crippen LogP contribution in [-0.4, -0.2) is 29.8 Å². The van der Waals surface area contributed by atoms with E-state index in [1.54, 1.807) is 25.5 Å². The van der Waals surface area contributed by atoms with Crippen LogP contribution in [0.2, 0.25) is 0 Å². The zero-order chi connectivity index (χ0) is 18.2. The first kappa shape index (κ1) is 18.6. The first-order valence-corrected chi connectivity index (χ1v) is 8.13. The second-order valence-corrected chi connectivity index (χ2v) is 5.82. The Balaban J connectivity index is 2.11. The van der Waals surface area contributed by atoms with Crippen molar-refractivity contribution >= 4 is 40.3 Å². The Bertz CT molecular complexity index is 793. The normalized spacial score (nSPS) is 10.5. The van der Waals surface area contributed by atoms with E-state index >= 15 is 0 Å². The van der Waals surface area contributed by atoms with Gasteiger partial charge in [-0.2, -0.15) is 5.10 Å². The van der Waals surface area contributed by atoms with Crippen LogP contribution in [-0.2, 0) is 0 Å². The lowest BCUT2D eigenvalue weighted by Crippen LogP contribution is -2.00. The van der Waals surface area contributed by atoms with Gasteiger partial charge in [0.1, 0.15) is 18.6 Å². The van der Waals surface area contributed by atoms with Crippen molar-refractivity contribution in [1.29, 1.82) is 0 Å². The molecule has 0 unspecified atom stereocenters. The molecule has 1 aromatic carbocycles. The molecular formula is C16H15IN4O4. The summed E-state index contributed by atoms with van der Waals surface area (Å²) in [6.45, 7) is 4.00. The van der Waals surface area contributed by atoms with Gasteiger partial charge in [0.25, 0.3) is 5.69 Å². The minimum atomic E-state index is -0.510. The zero-order valence-corrected chi connectivity index (χ0v) is 15.5. The van der Waals surface area contributed by atoms with E-state index in [0.29, 0.717) is 23.9 Å². The Morgan fingerprint density at radius 1 is 1.48 bits per heavy atom. The number of ether oxygens (including phenoxy) is 2. The molecule has 130 valence electrons. The number of aromatic nitrogens is 1. The van der Waals surface area contributed by atoms with Crippen molar-refractivity contribution in [2.45, 2.75) is 0 Å². The van der Waals surface area contributed by atoms with Crippen molar-refractivity contribution in [2.75, 3.05) is 19.1 Å². The van der Waals surface area contributed by atoms with Gasteiger partial charge in [0.15, 0.2) is 11.5 Å². The van der Waals surface area contributed by atoms with Crippen molar-refractivity contribution in [3.63, 3.8) is 0 Å². The molecule has 0 spiro atoms. The summed E-state index contributed by atoms with van der Waals surface area (Å²) in [6, 6.07) is 6.50.